The summed E-state index contributed by atoms with van der Waals surface area (Å²) in [7, 11) is 3.39. The van der Waals surface area contributed by atoms with E-state index >= 15 is 0 Å². The van der Waals surface area contributed by atoms with E-state index in [0.29, 0.717) is 35.0 Å². The van der Waals surface area contributed by atoms with E-state index in [-0.39, 0.29) is 30.5 Å². The van der Waals surface area contributed by atoms with Gasteiger partial charge in [-0.3, -0.25) is 23.6 Å². The summed E-state index contributed by atoms with van der Waals surface area (Å²) in [6.45, 7) is 11.9. The molecule has 1 aliphatic carbocycles. The van der Waals surface area contributed by atoms with Crippen LogP contribution >= 0.6 is 0 Å². The lowest BCUT2D eigenvalue weighted by Crippen LogP contribution is -2.72. The number of benzene rings is 2. The van der Waals surface area contributed by atoms with E-state index in [9.17, 15) is 14.4 Å². The first-order valence-corrected chi connectivity index (χ1v) is 17.1. The molecule has 4 heterocycles. The maximum atomic E-state index is 13.7. The van der Waals surface area contributed by atoms with Gasteiger partial charge >= 0.3 is 5.69 Å². The van der Waals surface area contributed by atoms with Crippen LogP contribution in [-0.4, -0.2) is 70.1 Å². The topological polar surface area (TPSA) is 88.8 Å². The van der Waals surface area contributed by atoms with Crippen LogP contribution in [0.15, 0.2) is 47.3 Å². The van der Waals surface area contributed by atoms with Gasteiger partial charge in [-0.1, -0.05) is 39.0 Å². The molecule has 4 fully saturated rings. The molecule has 46 heavy (non-hydrogen) atoms. The van der Waals surface area contributed by atoms with Gasteiger partial charge in [-0.05, 0) is 103 Å². The Morgan fingerprint density at radius 1 is 0.957 bits per heavy atom. The summed E-state index contributed by atoms with van der Waals surface area (Å²) in [5, 5.41) is 3.71. The van der Waals surface area contributed by atoms with E-state index in [4.69, 9.17) is 4.74 Å². The molecule has 0 bridgehead atoms. The monoisotopic (exact) mass is 627 g/mol. The molecule has 2 aromatic carbocycles. The lowest BCUT2D eigenvalue weighted by molar-refractivity contribution is -0.151. The minimum atomic E-state index is -0.707. The number of aromatic nitrogens is 2. The fourth-order valence-electron chi connectivity index (χ4n) is 9.21. The van der Waals surface area contributed by atoms with Gasteiger partial charge in [0.2, 0.25) is 5.91 Å². The molecule has 9 nitrogen and oxygen atoms in total. The molecule has 3 aliphatic heterocycles. The third-order valence-electron chi connectivity index (χ3n) is 11.5. The molecule has 2 amide bonds. The van der Waals surface area contributed by atoms with E-state index < -0.39 is 6.04 Å². The summed E-state index contributed by atoms with van der Waals surface area (Å²) >= 11 is 0. The second-order valence-corrected chi connectivity index (χ2v) is 15.6. The van der Waals surface area contributed by atoms with Crippen molar-refractivity contribution in [2.75, 3.05) is 33.3 Å². The summed E-state index contributed by atoms with van der Waals surface area (Å²) in [6, 6.07) is 13.6. The van der Waals surface area contributed by atoms with E-state index in [1.165, 1.54) is 36.4 Å². The Morgan fingerprint density at radius 3 is 2.30 bits per heavy atom. The first-order chi connectivity index (χ1) is 22.0. The van der Waals surface area contributed by atoms with Crippen LogP contribution in [0.1, 0.15) is 82.4 Å². The highest BCUT2D eigenvalue weighted by molar-refractivity contribution is 6.00. The minimum absolute atomic E-state index is 0.177. The second-order valence-electron chi connectivity index (χ2n) is 15.6. The Kier molecular flexibility index (Phi) is 7.91. The van der Waals surface area contributed by atoms with Crippen molar-refractivity contribution in [3.8, 4) is 5.75 Å². The first kappa shape index (κ1) is 31.2. The van der Waals surface area contributed by atoms with Crippen LogP contribution in [-0.2, 0) is 23.2 Å². The molecule has 3 aromatic rings. The van der Waals surface area contributed by atoms with Gasteiger partial charge in [-0.2, -0.15) is 0 Å². The van der Waals surface area contributed by atoms with Crippen LogP contribution in [0.5, 0.6) is 5.75 Å². The number of fused-ring (bicyclic) bond motifs is 1. The van der Waals surface area contributed by atoms with Crippen LogP contribution in [0.25, 0.3) is 11.0 Å². The number of likely N-dealkylation sites (tertiary alicyclic amines) is 2. The number of hydrogen-bond acceptors (Lipinski definition) is 6. The van der Waals surface area contributed by atoms with Crippen molar-refractivity contribution < 1.29 is 14.3 Å². The SMILES string of the molecule is COc1ccc(CN2C(=O)CCC(n3c(=O)n(C)c4cc(C5CCN(CC6CC7(CNC7C(C)(C)C)C6)CC5)ccc43)C2=O)cc1. The minimum Gasteiger partial charge on any atom is -0.497 e. The van der Waals surface area contributed by atoms with Gasteiger partial charge in [-0.15, -0.1) is 0 Å². The average molecular weight is 628 g/mol. The molecule has 4 aliphatic rings. The van der Waals surface area contributed by atoms with Gasteiger partial charge in [0, 0.05) is 32.6 Å². The summed E-state index contributed by atoms with van der Waals surface area (Å²) in [5.41, 5.74) is 4.36. The third-order valence-corrected chi connectivity index (χ3v) is 11.5. The van der Waals surface area contributed by atoms with Gasteiger partial charge in [-0.25, -0.2) is 4.79 Å². The lowest BCUT2D eigenvalue weighted by atomic mass is 9.50. The zero-order valence-electron chi connectivity index (χ0n) is 28.1. The highest BCUT2D eigenvalue weighted by Gasteiger charge is 2.58. The zero-order valence-corrected chi connectivity index (χ0v) is 28.1. The van der Waals surface area contributed by atoms with E-state index in [0.717, 1.165) is 48.4 Å². The highest BCUT2D eigenvalue weighted by Crippen LogP contribution is 2.56. The molecule has 2 unspecified atom stereocenters. The maximum absolute atomic E-state index is 13.7. The number of hydrogen-bond donors (Lipinski definition) is 1. The van der Waals surface area contributed by atoms with Crippen molar-refractivity contribution in [2.45, 2.75) is 83.8 Å². The van der Waals surface area contributed by atoms with Crippen molar-refractivity contribution >= 4 is 22.8 Å². The Morgan fingerprint density at radius 2 is 1.67 bits per heavy atom. The molecule has 1 spiro atoms. The summed E-state index contributed by atoms with van der Waals surface area (Å²) in [6.07, 6.45) is 5.51. The van der Waals surface area contributed by atoms with Crippen LogP contribution in [0.4, 0.5) is 0 Å². The van der Waals surface area contributed by atoms with Gasteiger partial charge in [0.1, 0.15) is 11.8 Å². The fraction of sp³-hybridized carbons (Fsp3) is 0.595. The van der Waals surface area contributed by atoms with Crippen molar-refractivity contribution in [1.29, 1.82) is 0 Å². The van der Waals surface area contributed by atoms with Crippen molar-refractivity contribution in [1.82, 2.24) is 24.3 Å². The highest BCUT2D eigenvalue weighted by atomic mass is 16.5. The summed E-state index contributed by atoms with van der Waals surface area (Å²) in [5.74, 6) is 1.47. The summed E-state index contributed by atoms with van der Waals surface area (Å²) in [4.78, 5) is 44.2. The maximum Gasteiger partial charge on any atom is 0.329 e. The van der Waals surface area contributed by atoms with Gasteiger partial charge in [0.15, 0.2) is 0 Å². The Labute approximate surface area is 271 Å². The van der Waals surface area contributed by atoms with Crippen LogP contribution < -0.4 is 15.7 Å². The number of nitrogens with zero attached hydrogens (tertiary/aromatic N) is 4. The van der Waals surface area contributed by atoms with Crippen molar-refractivity contribution in [3.63, 3.8) is 0 Å². The number of nitrogens with one attached hydrogen (secondary N) is 1. The quantitative estimate of drug-likeness (QED) is 0.378. The molecule has 1 saturated carbocycles. The average Bonchev–Trinajstić information content (AvgIpc) is 3.24. The smallest absolute Gasteiger partial charge is 0.329 e. The molecular formula is C37H49N5O4. The molecule has 0 radical (unpaired) electrons. The Bertz CT molecular complexity index is 1690. The van der Waals surface area contributed by atoms with Crippen LogP contribution in [0.3, 0.4) is 0 Å². The van der Waals surface area contributed by atoms with Crippen LogP contribution in [0.2, 0.25) is 0 Å². The second kappa shape index (κ2) is 11.7. The number of imidazole rings is 1. The molecule has 246 valence electrons. The predicted octanol–water partition coefficient (Wildman–Crippen LogP) is 4.83. The number of ether oxygens (including phenoxy) is 1. The number of aryl methyl sites for hydroxylation is 1. The number of piperidine rings is 2. The van der Waals surface area contributed by atoms with E-state index in [1.54, 1.807) is 23.3 Å². The summed E-state index contributed by atoms with van der Waals surface area (Å²) < 4.78 is 8.52. The van der Waals surface area contributed by atoms with Crippen molar-refractivity contribution in [3.05, 3.63) is 64.1 Å². The molecule has 1 aromatic heterocycles. The number of rotatable bonds is 7. The molecule has 1 N–H and O–H groups in total. The van der Waals surface area contributed by atoms with Gasteiger partial charge in [0.25, 0.3) is 5.91 Å². The Hall–Kier alpha value is -3.43. The number of carbonyl (C=O) groups is 2. The normalized spacial score (nSPS) is 27.7. The standard InChI is InChI=1S/C37H49N5O4/c1-36(2,3)34-37(23-38-34)19-25(20-37)21-40-16-14-26(15-17-40)27-8-11-29-31(18-27)39(4)35(45)42(29)30-12-13-32(43)41(33(30)44)22-24-6-9-28(46-5)10-7-24/h6-11,18,25-26,30,34,38H,12-17,19-23H2,1-5H3. The van der Waals surface area contributed by atoms with Crippen molar-refractivity contribution in [2.24, 2.45) is 23.8 Å². The third kappa shape index (κ3) is 5.39. The molecule has 7 rings (SSSR count). The molecular weight excluding hydrogens is 578 g/mol. The fourth-order valence-corrected chi connectivity index (χ4v) is 9.21. The van der Waals surface area contributed by atoms with Gasteiger partial charge in [0.05, 0.1) is 24.7 Å². The zero-order chi connectivity index (χ0) is 32.4. The van der Waals surface area contributed by atoms with E-state index in [1.807, 2.05) is 30.3 Å². The lowest BCUT2D eigenvalue weighted by Gasteiger charge is -2.64. The first-order valence-electron chi connectivity index (χ1n) is 17.1. The molecule has 2 atom stereocenters. The predicted molar refractivity (Wildman–Crippen MR) is 179 cm³/mol. The number of amides is 2. The number of methoxy groups -OCH3 is 1. The largest absolute Gasteiger partial charge is 0.497 e. The molecule has 9 heteroatoms. The molecule has 3 saturated heterocycles. The Balaban J connectivity index is 1.01. The number of carbonyl (C=O) groups excluding carboxylic acids is 2. The van der Waals surface area contributed by atoms with Crippen LogP contribution in [0, 0.1) is 16.7 Å². The number of imide groups is 1. The van der Waals surface area contributed by atoms with E-state index in [2.05, 4.69) is 43.1 Å². The van der Waals surface area contributed by atoms with Gasteiger partial charge < -0.3 is 15.0 Å².